The van der Waals surface area contributed by atoms with Gasteiger partial charge in [-0.15, -0.1) is 12.6 Å². The number of nitrogens with zero attached hydrogens (tertiary/aromatic N) is 3. The summed E-state index contributed by atoms with van der Waals surface area (Å²) in [4.78, 5) is 40.7. The molecule has 2 N–H and O–H groups in total. The van der Waals surface area contributed by atoms with Gasteiger partial charge in [-0.1, -0.05) is 35.4 Å². The van der Waals surface area contributed by atoms with E-state index >= 15 is 0 Å². The number of hydrogen-bond donors (Lipinski definition) is 2. The molecule has 4 rings (SSSR count). The average Bonchev–Trinajstić information content (AvgIpc) is 3.00. The van der Waals surface area contributed by atoms with E-state index in [1.54, 1.807) is 19.1 Å². The highest BCUT2D eigenvalue weighted by molar-refractivity contribution is 9.10. The highest BCUT2D eigenvalue weighted by atomic mass is 79.9. The molecule has 0 bridgehead atoms. The Bertz CT molecular complexity index is 1810. The molecule has 45 heavy (non-hydrogen) atoms. The number of ether oxygens (including phenoxy) is 2. The largest absolute Gasteiger partial charge is 0.464 e. The molecule has 2 aromatic carbocycles. The molecule has 0 amide bonds. The Balaban J connectivity index is 0.000000278. The lowest BCUT2D eigenvalue weighted by molar-refractivity contribution is -0.385. The number of pyridine rings is 2. The first-order valence-corrected chi connectivity index (χ1v) is 15.8. The van der Waals surface area contributed by atoms with Crippen LogP contribution in [0.25, 0.3) is 0 Å². The van der Waals surface area contributed by atoms with Gasteiger partial charge in [0.15, 0.2) is 11.5 Å². The predicted molar refractivity (Wildman–Crippen MR) is 173 cm³/mol. The Morgan fingerprint density at radius 2 is 1.36 bits per heavy atom. The van der Waals surface area contributed by atoms with Gasteiger partial charge < -0.3 is 15.2 Å². The van der Waals surface area contributed by atoms with Crippen LogP contribution in [0.2, 0.25) is 0 Å². The summed E-state index contributed by atoms with van der Waals surface area (Å²) in [6, 6.07) is 15.8. The van der Waals surface area contributed by atoms with Crippen molar-refractivity contribution in [2.45, 2.75) is 28.5 Å². The standard InChI is InChI=1S/C14H11BrN2O6S.C7H6BrFN2O2.C7H8S/c1-8-3-5-9(6-4-8)24(21,22)11-7-10(17(19)20)12(14(18)23-2)16-13(11)15;1-13-7(12)5-4(10)2-3(9)6(8)11-5;1-6-2-4-7(8)5-3-6/h3-7H,1-2H3;2H,10H2,1H3;2-5,8H,1H3. The summed E-state index contributed by atoms with van der Waals surface area (Å²) in [5, 5.41) is 11.2. The topological polar surface area (TPSA) is 182 Å². The van der Waals surface area contributed by atoms with Crippen LogP contribution in [0, 0.1) is 29.8 Å². The van der Waals surface area contributed by atoms with Gasteiger partial charge in [0.1, 0.15) is 14.1 Å². The van der Waals surface area contributed by atoms with E-state index < -0.39 is 48.8 Å². The maximum atomic E-state index is 12.8. The Kier molecular flexibility index (Phi) is 13.6. The molecule has 0 aliphatic rings. The maximum Gasteiger partial charge on any atom is 0.363 e. The number of anilines is 1. The minimum atomic E-state index is -4.06. The fourth-order valence-corrected chi connectivity index (χ4v) is 5.82. The molecule has 2 aromatic heterocycles. The van der Waals surface area contributed by atoms with E-state index in [0.717, 1.165) is 29.7 Å². The number of nitrogens with two attached hydrogens (primary N) is 1. The van der Waals surface area contributed by atoms with E-state index in [2.05, 4.69) is 70.9 Å². The number of nitro groups is 1. The van der Waals surface area contributed by atoms with E-state index in [1.807, 2.05) is 24.3 Å². The van der Waals surface area contributed by atoms with Gasteiger partial charge in [0.05, 0.1) is 29.7 Å². The fraction of sp³-hybridized carbons (Fsp3) is 0.143. The van der Waals surface area contributed by atoms with Crippen molar-refractivity contribution in [2.24, 2.45) is 0 Å². The van der Waals surface area contributed by atoms with E-state index in [1.165, 1.54) is 24.8 Å². The first kappa shape index (κ1) is 37.3. The second-order valence-corrected chi connectivity index (χ2v) is 12.7. The zero-order valence-electron chi connectivity index (χ0n) is 23.9. The summed E-state index contributed by atoms with van der Waals surface area (Å²) in [7, 11) is -1.82. The molecule has 4 aromatic rings. The van der Waals surface area contributed by atoms with Gasteiger partial charge >= 0.3 is 17.6 Å². The van der Waals surface area contributed by atoms with Gasteiger partial charge in [-0.2, -0.15) is 0 Å². The number of rotatable bonds is 5. The number of carbonyl (C=O) groups is 2. The van der Waals surface area contributed by atoms with Crippen molar-refractivity contribution in [2.75, 3.05) is 20.0 Å². The SMILES string of the molecule is COC(=O)c1nc(Br)c(F)cc1N.COC(=O)c1nc(Br)c(S(=O)(=O)c2ccc(C)cc2)cc1[N+](=O)[O-].Cc1ccc(S)cc1. The van der Waals surface area contributed by atoms with Crippen LogP contribution in [0.3, 0.4) is 0 Å². The normalized spacial score (nSPS) is 10.4. The molecule has 0 spiro atoms. The monoisotopic (exact) mass is 786 g/mol. The number of nitrogen functional groups attached to an aromatic ring is 1. The lowest BCUT2D eigenvalue weighted by atomic mass is 10.2. The summed E-state index contributed by atoms with van der Waals surface area (Å²) in [6.07, 6.45) is 0. The minimum Gasteiger partial charge on any atom is -0.464 e. The number of hydrogen-bond acceptors (Lipinski definition) is 12. The van der Waals surface area contributed by atoms with Gasteiger partial charge in [0, 0.05) is 17.0 Å². The van der Waals surface area contributed by atoms with E-state index in [0.29, 0.717) is 0 Å². The second kappa shape index (κ2) is 16.4. The molecule has 0 radical (unpaired) electrons. The third-order valence-corrected chi connectivity index (χ3v) is 9.00. The van der Waals surface area contributed by atoms with Crippen LogP contribution in [0.1, 0.15) is 32.1 Å². The molecule has 0 aliphatic heterocycles. The highest BCUT2D eigenvalue weighted by Gasteiger charge is 2.31. The highest BCUT2D eigenvalue weighted by Crippen LogP contribution is 2.32. The van der Waals surface area contributed by atoms with Crippen molar-refractivity contribution in [1.82, 2.24) is 9.97 Å². The molecule has 12 nitrogen and oxygen atoms in total. The number of carbonyl (C=O) groups excluding carboxylic acids is 2. The third kappa shape index (κ3) is 10.0. The van der Waals surface area contributed by atoms with Crippen molar-refractivity contribution in [3.63, 3.8) is 0 Å². The Labute approximate surface area is 279 Å². The number of esters is 2. The maximum absolute atomic E-state index is 12.8. The molecule has 2 heterocycles. The van der Waals surface area contributed by atoms with Crippen LogP contribution in [-0.2, 0) is 19.3 Å². The molecular weight excluding hydrogens is 763 g/mol. The van der Waals surface area contributed by atoms with Gasteiger partial charge in [-0.3, -0.25) is 10.1 Å². The molecule has 0 fully saturated rings. The molecular formula is C28H25Br2FN4O8S2. The van der Waals surface area contributed by atoms with Crippen LogP contribution in [0.5, 0.6) is 0 Å². The average molecular weight is 788 g/mol. The number of halogens is 3. The zero-order chi connectivity index (χ0) is 34.1. The van der Waals surface area contributed by atoms with Crippen molar-refractivity contribution in [3.05, 3.63) is 108 Å². The van der Waals surface area contributed by atoms with Crippen molar-refractivity contribution in [3.8, 4) is 0 Å². The Morgan fingerprint density at radius 3 is 1.82 bits per heavy atom. The van der Waals surface area contributed by atoms with E-state index in [9.17, 15) is 32.5 Å². The summed E-state index contributed by atoms with van der Waals surface area (Å²) in [5.74, 6) is -2.36. The first-order chi connectivity index (χ1) is 21.0. The van der Waals surface area contributed by atoms with Gasteiger partial charge in [0.25, 0.3) is 0 Å². The van der Waals surface area contributed by atoms with E-state index in [4.69, 9.17) is 5.73 Å². The zero-order valence-corrected chi connectivity index (χ0v) is 28.8. The van der Waals surface area contributed by atoms with Crippen molar-refractivity contribution in [1.29, 1.82) is 0 Å². The number of aromatic nitrogens is 2. The van der Waals surface area contributed by atoms with Gasteiger partial charge in [-0.05, 0) is 70.0 Å². The Morgan fingerprint density at radius 1 is 0.889 bits per heavy atom. The molecule has 0 unspecified atom stereocenters. The predicted octanol–water partition coefficient (Wildman–Crippen LogP) is 6.32. The van der Waals surface area contributed by atoms with Crippen LogP contribution < -0.4 is 5.73 Å². The molecule has 0 atom stereocenters. The second-order valence-electron chi connectivity index (χ2n) is 8.74. The molecule has 0 saturated carbocycles. The minimum absolute atomic E-state index is 0.0456. The number of aryl methyl sites for hydroxylation is 2. The molecule has 0 aliphatic carbocycles. The van der Waals surface area contributed by atoms with Crippen LogP contribution in [0.4, 0.5) is 15.8 Å². The fourth-order valence-electron chi connectivity index (χ4n) is 3.17. The Hall–Kier alpha value is -3.93. The summed E-state index contributed by atoms with van der Waals surface area (Å²) in [6.45, 7) is 3.86. The third-order valence-electron chi connectivity index (χ3n) is 5.50. The quantitative estimate of drug-likeness (QED) is 0.0760. The number of thiol groups is 1. The first-order valence-electron chi connectivity index (χ1n) is 12.2. The van der Waals surface area contributed by atoms with E-state index in [-0.39, 0.29) is 25.5 Å². The molecule has 17 heteroatoms. The lowest BCUT2D eigenvalue weighted by Crippen LogP contribution is -2.12. The summed E-state index contributed by atoms with van der Waals surface area (Å²) >= 11 is 9.91. The van der Waals surface area contributed by atoms with Crippen molar-refractivity contribution >= 4 is 77.6 Å². The van der Waals surface area contributed by atoms with Crippen LogP contribution in [0.15, 0.2) is 84.6 Å². The lowest BCUT2D eigenvalue weighted by Gasteiger charge is -2.08. The summed E-state index contributed by atoms with van der Waals surface area (Å²) < 4.78 is 46.7. The summed E-state index contributed by atoms with van der Waals surface area (Å²) in [5.41, 5.74) is 5.99. The van der Waals surface area contributed by atoms with Crippen LogP contribution in [-0.4, -0.2) is 49.5 Å². The van der Waals surface area contributed by atoms with Gasteiger partial charge in [0.2, 0.25) is 15.5 Å². The number of methoxy groups -OCH3 is 2. The van der Waals surface area contributed by atoms with Crippen LogP contribution >= 0.6 is 44.5 Å². The smallest absolute Gasteiger partial charge is 0.363 e. The number of benzene rings is 2. The number of sulfone groups is 1. The van der Waals surface area contributed by atoms with Gasteiger partial charge in [-0.25, -0.2) is 32.4 Å². The molecule has 0 saturated heterocycles. The van der Waals surface area contributed by atoms with Crippen molar-refractivity contribution < 1.29 is 36.8 Å². The molecule has 238 valence electrons.